The fourth-order valence-corrected chi connectivity index (χ4v) is 2.99. The van der Waals surface area contributed by atoms with Crippen molar-refractivity contribution in [3.63, 3.8) is 0 Å². The Morgan fingerprint density at radius 3 is 2.62 bits per heavy atom. The van der Waals surface area contributed by atoms with Crippen LogP contribution in [0.15, 0.2) is 0 Å². The fraction of sp³-hybridized carbons (Fsp3) is 1.00. The first kappa shape index (κ1) is 9.97. The van der Waals surface area contributed by atoms with Crippen LogP contribution in [-0.2, 0) is 0 Å². The van der Waals surface area contributed by atoms with Crippen LogP contribution in [0, 0.1) is 11.3 Å². The Bertz CT molecular complexity index is 191. The van der Waals surface area contributed by atoms with Gasteiger partial charge in [-0.25, -0.2) is 0 Å². The zero-order valence-corrected chi connectivity index (χ0v) is 10.3. The van der Waals surface area contributed by atoms with Gasteiger partial charge < -0.3 is 0 Å². The molecule has 2 rings (SSSR count). The fourth-order valence-electron chi connectivity index (χ4n) is 2.81. The van der Waals surface area contributed by atoms with E-state index in [0.29, 0.717) is 5.41 Å². The third-order valence-corrected chi connectivity index (χ3v) is 5.03. The monoisotopic (exact) mass is 245 g/mol. The average Bonchev–Trinajstić information content (AvgIpc) is 2.64. The van der Waals surface area contributed by atoms with E-state index in [4.69, 9.17) is 0 Å². The Morgan fingerprint density at radius 1 is 1.38 bits per heavy atom. The summed E-state index contributed by atoms with van der Waals surface area (Å²) in [5, 5.41) is 1.12. The number of likely N-dealkylation sites (tertiary alicyclic amines) is 1. The van der Waals surface area contributed by atoms with Gasteiger partial charge in [0.25, 0.3) is 0 Å². The molecule has 1 nitrogen and oxygen atoms in total. The Hall–Kier alpha value is 0.440. The van der Waals surface area contributed by atoms with E-state index < -0.39 is 0 Å². The summed E-state index contributed by atoms with van der Waals surface area (Å²) in [7, 11) is 0. The van der Waals surface area contributed by atoms with Crippen LogP contribution in [0.1, 0.15) is 33.1 Å². The molecule has 13 heavy (non-hydrogen) atoms. The smallest absolute Gasteiger partial charge is 0.00988 e. The van der Waals surface area contributed by atoms with Crippen molar-refractivity contribution in [2.45, 2.75) is 39.2 Å². The first-order valence-corrected chi connectivity index (χ1v) is 6.53. The number of alkyl halides is 1. The van der Waals surface area contributed by atoms with Gasteiger partial charge in [0, 0.05) is 24.5 Å². The summed E-state index contributed by atoms with van der Waals surface area (Å²) in [4.78, 5) is 2.72. The number of rotatable bonds is 3. The van der Waals surface area contributed by atoms with Crippen molar-refractivity contribution >= 4 is 15.9 Å². The Labute approximate surface area is 90.0 Å². The Balaban J connectivity index is 1.89. The maximum absolute atomic E-state index is 3.60. The molecular formula is C11H20BrN. The molecule has 1 saturated heterocycles. The maximum atomic E-state index is 3.60. The third-order valence-electron chi connectivity index (χ3n) is 3.52. The summed E-state index contributed by atoms with van der Waals surface area (Å²) >= 11 is 3.60. The van der Waals surface area contributed by atoms with E-state index in [9.17, 15) is 0 Å². The minimum Gasteiger partial charge on any atom is -0.300 e. The lowest BCUT2D eigenvalue weighted by atomic mass is 9.95. The second-order valence-corrected chi connectivity index (χ2v) is 6.12. The van der Waals surface area contributed by atoms with Gasteiger partial charge in [-0.3, -0.25) is 4.90 Å². The maximum Gasteiger partial charge on any atom is 0.00988 e. The zero-order valence-electron chi connectivity index (χ0n) is 8.72. The molecular weight excluding hydrogens is 226 g/mol. The van der Waals surface area contributed by atoms with E-state index >= 15 is 0 Å². The first-order valence-electron chi connectivity index (χ1n) is 5.41. The summed E-state index contributed by atoms with van der Waals surface area (Å²) in [6.45, 7) is 7.36. The Kier molecular flexibility index (Phi) is 2.72. The number of piperidine rings is 1. The van der Waals surface area contributed by atoms with E-state index in [-0.39, 0.29) is 0 Å². The molecule has 1 saturated carbocycles. The van der Waals surface area contributed by atoms with Crippen molar-refractivity contribution in [3.05, 3.63) is 0 Å². The third kappa shape index (κ3) is 2.10. The summed E-state index contributed by atoms with van der Waals surface area (Å²) < 4.78 is 0. The van der Waals surface area contributed by atoms with Crippen LogP contribution in [0.25, 0.3) is 0 Å². The minimum atomic E-state index is 0.449. The van der Waals surface area contributed by atoms with Crippen molar-refractivity contribution in [1.82, 2.24) is 4.90 Å². The van der Waals surface area contributed by atoms with Gasteiger partial charge in [-0.15, -0.1) is 0 Å². The highest BCUT2D eigenvalue weighted by molar-refractivity contribution is 9.09. The van der Waals surface area contributed by atoms with Crippen LogP contribution in [0.5, 0.6) is 0 Å². The summed E-state index contributed by atoms with van der Waals surface area (Å²) in [6.07, 6.45) is 4.44. The topological polar surface area (TPSA) is 3.24 Å². The van der Waals surface area contributed by atoms with Crippen LogP contribution < -0.4 is 0 Å². The van der Waals surface area contributed by atoms with Gasteiger partial charge in [0.15, 0.2) is 0 Å². The highest BCUT2D eigenvalue weighted by Gasteiger charge is 2.39. The van der Waals surface area contributed by atoms with E-state index in [1.54, 1.807) is 0 Å². The van der Waals surface area contributed by atoms with Crippen molar-refractivity contribution < 1.29 is 0 Å². The highest BCUT2D eigenvalue weighted by atomic mass is 79.9. The van der Waals surface area contributed by atoms with Crippen LogP contribution in [-0.4, -0.2) is 29.4 Å². The molecule has 1 aliphatic heterocycles. The number of hydrogen-bond acceptors (Lipinski definition) is 1. The second kappa shape index (κ2) is 3.54. The van der Waals surface area contributed by atoms with Crippen LogP contribution in [0.4, 0.5) is 0 Å². The molecule has 2 unspecified atom stereocenters. The van der Waals surface area contributed by atoms with E-state index in [1.165, 1.54) is 32.4 Å². The molecule has 0 aromatic heterocycles. The largest absolute Gasteiger partial charge is 0.300 e. The summed E-state index contributed by atoms with van der Waals surface area (Å²) in [5.41, 5.74) is 0.449. The molecule has 2 atom stereocenters. The molecule has 0 spiro atoms. The molecule has 2 fully saturated rings. The molecule has 0 N–H and O–H groups in total. The highest BCUT2D eigenvalue weighted by Crippen LogP contribution is 2.39. The summed E-state index contributed by atoms with van der Waals surface area (Å²) in [6, 6.07) is 0.934. The molecule has 2 heteroatoms. The minimum absolute atomic E-state index is 0.449. The SMILES string of the molecule is CC(C)(CBr)CN1CC2CCC1C2. The molecule has 0 radical (unpaired) electrons. The number of halogens is 1. The van der Waals surface area contributed by atoms with Crippen LogP contribution in [0.2, 0.25) is 0 Å². The van der Waals surface area contributed by atoms with E-state index in [1.807, 2.05) is 0 Å². The molecule has 1 heterocycles. The molecule has 0 aromatic rings. The lowest BCUT2D eigenvalue weighted by molar-refractivity contribution is 0.155. The average molecular weight is 246 g/mol. The Morgan fingerprint density at radius 2 is 2.15 bits per heavy atom. The van der Waals surface area contributed by atoms with Crippen molar-refractivity contribution in [3.8, 4) is 0 Å². The van der Waals surface area contributed by atoms with Gasteiger partial charge in [0.2, 0.25) is 0 Å². The zero-order chi connectivity index (χ0) is 9.47. The predicted molar refractivity (Wildman–Crippen MR) is 60.3 cm³/mol. The van der Waals surface area contributed by atoms with Gasteiger partial charge in [0.1, 0.15) is 0 Å². The molecule has 0 amide bonds. The first-order chi connectivity index (χ1) is 6.11. The second-order valence-electron chi connectivity index (χ2n) is 5.56. The van der Waals surface area contributed by atoms with Gasteiger partial charge in [0.05, 0.1) is 0 Å². The van der Waals surface area contributed by atoms with Gasteiger partial charge in [-0.2, -0.15) is 0 Å². The van der Waals surface area contributed by atoms with Gasteiger partial charge >= 0.3 is 0 Å². The standard InChI is InChI=1S/C11H20BrN/c1-11(2,7-12)8-13-6-9-3-4-10(13)5-9/h9-10H,3-8H2,1-2H3. The quantitative estimate of drug-likeness (QED) is 0.692. The van der Waals surface area contributed by atoms with Gasteiger partial charge in [-0.1, -0.05) is 29.8 Å². The van der Waals surface area contributed by atoms with Crippen molar-refractivity contribution in [2.75, 3.05) is 18.4 Å². The molecule has 2 bridgehead atoms. The van der Waals surface area contributed by atoms with Crippen LogP contribution in [0.3, 0.4) is 0 Å². The predicted octanol–water partition coefficient (Wildman–Crippen LogP) is 2.89. The van der Waals surface area contributed by atoms with Gasteiger partial charge in [-0.05, 0) is 30.6 Å². The molecule has 0 aromatic carbocycles. The lowest BCUT2D eigenvalue weighted by Gasteiger charge is -2.34. The molecule has 1 aliphatic carbocycles. The number of hydrogen-bond donors (Lipinski definition) is 0. The summed E-state index contributed by atoms with van der Waals surface area (Å²) in [5.74, 6) is 1.04. The van der Waals surface area contributed by atoms with E-state index in [2.05, 4.69) is 34.7 Å². The number of fused-ring (bicyclic) bond motifs is 2. The molecule has 76 valence electrons. The number of nitrogens with zero attached hydrogens (tertiary/aromatic N) is 1. The van der Waals surface area contributed by atoms with Crippen LogP contribution >= 0.6 is 15.9 Å². The van der Waals surface area contributed by atoms with Crippen molar-refractivity contribution in [2.24, 2.45) is 11.3 Å². The van der Waals surface area contributed by atoms with Crippen molar-refractivity contribution in [1.29, 1.82) is 0 Å². The normalized spacial score (nSPS) is 34.4. The molecule has 2 aliphatic rings. The van der Waals surface area contributed by atoms with E-state index in [0.717, 1.165) is 17.3 Å². The lowest BCUT2D eigenvalue weighted by Crippen LogP contribution is -2.40.